The van der Waals surface area contributed by atoms with Gasteiger partial charge in [-0.15, -0.1) is 0 Å². The van der Waals surface area contributed by atoms with Gasteiger partial charge in [0.15, 0.2) is 0 Å². The van der Waals surface area contributed by atoms with Crippen molar-refractivity contribution in [2.45, 2.75) is 0 Å². The number of rotatable bonds is 0. The minimum Gasteiger partial charge on any atom is -1.00 e. The molecule has 0 fully saturated rings. The van der Waals surface area contributed by atoms with Gasteiger partial charge >= 0.3 is 23.1 Å². The third kappa shape index (κ3) is 7.40. The summed E-state index contributed by atoms with van der Waals surface area (Å²) in [6.45, 7) is 0. The number of halogens is 3. The molecule has 0 atom stereocenters. The van der Waals surface area contributed by atoms with E-state index in [1.54, 1.807) is 24.3 Å². The second kappa shape index (κ2) is 9.13. The molecule has 1 nitrogen and oxygen atoms in total. The molecule has 1 N–H and O–H groups in total. The van der Waals surface area contributed by atoms with Gasteiger partial charge < -0.3 is 39.1 Å². The van der Waals surface area contributed by atoms with Gasteiger partial charge in [0.25, 0.3) is 0 Å². The van der Waals surface area contributed by atoms with Crippen LogP contribution in [0, 0.1) is 0 Å². The molecule has 0 spiro atoms. The van der Waals surface area contributed by atoms with Crippen molar-refractivity contribution in [3.63, 3.8) is 0 Å². The summed E-state index contributed by atoms with van der Waals surface area (Å²) in [5, 5.41) is 9.34. The van der Waals surface area contributed by atoms with Gasteiger partial charge in [0.05, 0.1) is 0 Å². The fourth-order valence-corrected chi connectivity index (χ4v) is 0.567. The van der Waals surface area contributed by atoms with Crippen LogP contribution in [0.4, 0.5) is 0 Å². The minimum absolute atomic E-state index is 0. The third-order valence-electron chi connectivity index (χ3n) is 0.827. The molecule has 11 heavy (non-hydrogen) atoms. The van der Waals surface area contributed by atoms with Crippen molar-refractivity contribution in [2.24, 2.45) is 0 Å². The smallest absolute Gasteiger partial charge is 1.00 e. The molecule has 1 rings (SSSR count). The first-order valence-corrected chi connectivity index (χ1v) is 2.61. The van der Waals surface area contributed by atoms with Crippen LogP contribution >= 0.6 is 11.6 Å². The molecule has 0 aromatic heterocycles. The summed E-state index contributed by atoms with van der Waals surface area (Å²) in [7, 11) is 0. The summed E-state index contributed by atoms with van der Waals surface area (Å²) in [5.41, 5.74) is 0. The van der Waals surface area contributed by atoms with Crippen LogP contribution < -0.4 is 34.0 Å². The fourth-order valence-electron chi connectivity index (χ4n) is 0.441. The minimum atomic E-state index is 0. The molecule has 0 bridgehead atoms. The quantitative estimate of drug-likeness (QED) is 0.481. The molecular weight excluding hydrogens is 308 g/mol. The zero-order chi connectivity index (χ0) is 5.98. The van der Waals surface area contributed by atoms with Crippen LogP contribution in [-0.2, 0) is 0 Å². The Bertz CT molecular complexity index is 159. The Kier molecular flexibility index (Phi) is 14.9. The van der Waals surface area contributed by atoms with Crippen molar-refractivity contribution in [1.29, 1.82) is 0 Å². The van der Waals surface area contributed by atoms with Crippen LogP contribution in [0.3, 0.4) is 0 Å². The van der Waals surface area contributed by atoms with Crippen molar-refractivity contribution in [3.8, 4) is 5.75 Å². The van der Waals surface area contributed by atoms with Gasteiger partial charge in [-0.2, -0.15) is 0 Å². The zero-order valence-corrected chi connectivity index (χ0v) is 10.9. The zero-order valence-electron chi connectivity index (χ0n) is 5.60. The van der Waals surface area contributed by atoms with Gasteiger partial charge in [-0.3, -0.25) is 0 Å². The molecule has 5 heteroatoms. The summed E-state index contributed by atoms with van der Waals surface area (Å²) < 4.78 is 0. The van der Waals surface area contributed by atoms with Crippen LogP contribution in [0.5, 0.6) is 5.75 Å². The van der Waals surface area contributed by atoms with E-state index in [9.17, 15) is 0 Å². The van der Waals surface area contributed by atoms with Crippen molar-refractivity contribution < 1.29 is 39.1 Å². The standard InChI is InChI=1S/C6H5ClO.2BrH.Mg/c7-5-1-3-6(8)4-2-5;;;/h1-4,8H;2*1H;/q;;;+2/p-2. The molecule has 0 radical (unpaired) electrons. The molecule has 58 valence electrons. The number of aromatic hydroxyl groups is 1. The van der Waals surface area contributed by atoms with E-state index in [0.717, 1.165) is 0 Å². The summed E-state index contributed by atoms with van der Waals surface area (Å²) in [4.78, 5) is 0. The van der Waals surface area contributed by atoms with Gasteiger partial charge in [-0.05, 0) is 24.3 Å². The molecule has 0 aliphatic rings. The Hall–Kier alpha value is 1.04. The molecule has 0 aliphatic heterocycles. The molecule has 0 saturated carbocycles. The van der Waals surface area contributed by atoms with Crippen molar-refractivity contribution >= 4 is 34.7 Å². The van der Waals surface area contributed by atoms with Gasteiger partial charge in [-0.25, -0.2) is 0 Å². The Labute approximate surface area is 108 Å². The Morgan fingerprint density at radius 1 is 1.00 bits per heavy atom. The van der Waals surface area contributed by atoms with Gasteiger partial charge in [0.1, 0.15) is 5.75 Å². The average Bonchev–Trinajstić information content (AvgIpc) is 1.77. The largest absolute Gasteiger partial charge is 2.00 e. The number of hydrogen-bond acceptors (Lipinski definition) is 1. The summed E-state index contributed by atoms with van der Waals surface area (Å²) >= 11 is 5.50. The Morgan fingerprint density at radius 3 is 1.64 bits per heavy atom. The number of phenols is 1. The van der Waals surface area contributed by atoms with Crippen molar-refractivity contribution in [3.05, 3.63) is 29.3 Å². The van der Waals surface area contributed by atoms with E-state index in [0.29, 0.717) is 5.02 Å². The van der Waals surface area contributed by atoms with E-state index in [4.69, 9.17) is 16.7 Å². The maximum absolute atomic E-state index is 8.70. The van der Waals surface area contributed by atoms with Crippen LogP contribution in [0.25, 0.3) is 0 Å². The molecule has 0 amide bonds. The number of benzene rings is 1. The van der Waals surface area contributed by atoms with E-state index in [2.05, 4.69) is 0 Å². The van der Waals surface area contributed by atoms with E-state index >= 15 is 0 Å². The molecule has 0 heterocycles. The summed E-state index contributed by atoms with van der Waals surface area (Å²) in [6, 6.07) is 6.36. The predicted molar refractivity (Wildman–Crippen MR) is 38.9 cm³/mol. The van der Waals surface area contributed by atoms with Crippen molar-refractivity contribution in [2.75, 3.05) is 0 Å². The van der Waals surface area contributed by atoms with E-state index in [1.807, 2.05) is 0 Å². The normalized spacial score (nSPS) is 6.64. The predicted octanol–water partition coefficient (Wildman–Crippen LogP) is -4.33. The summed E-state index contributed by atoms with van der Waals surface area (Å²) in [6.07, 6.45) is 0. The van der Waals surface area contributed by atoms with Gasteiger partial charge in [0, 0.05) is 5.02 Å². The fraction of sp³-hybridized carbons (Fsp3) is 0. The van der Waals surface area contributed by atoms with E-state index < -0.39 is 0 Å². The van der Waals surface area contributed by atoms with Gasteiger partial charge in [0.2, 0.25) is 0 Å². The molecular formula is C6H5Br2ClMgO. The second-order valence-electron chi connectivity index (χ2n) is 1.48. The topological polar surface area (TPSA) is 20.2 Å². The first-order chi connectivity index (χ1) is 3.79. The van der Waals surface area contributed by atoms with Crippen LogP contribution in [-0.4, -0.2) is 28.2 Å². The number of phenolic OH excluding ortho intramolecular Hbond substituents is 1. The third-order valence-corrected chi connectivity index (χ3v) is 1.08. The van der Waals surface area contributed by atoms with E-state index in [1.165, 1.54) is 0 Å². The average molecular weight is 313 g/mol. The molecule has 1 aromatic carbocycles. The number of hydrogen-bond donors (Lipinski definition) is 1. The second-order valence-corrected chi connectivity index (χ2v) is 1.91. The van der Waals surface area contributed by atoms with Crippen LogP contribution in [0.2, 0.25) is 5.02 Å². The van der Waals surface area contributed by atoms with Crippen LogP contribution in [0.15, 0.2) is 24.3 Å². The maximum atomic E-state index is 8.70. The Balaban J connectivity index is -0.000000213. The van der Waals surface area contributed by atoms with Crippen LogP contribution in [0.1, 0.15) is 0 Å². The van der Waals surface area contributed by atoms with Gasteiger partial charge in [-0.1, -0.05) is 11.6 Å². The Morgan fingerprint density at radius 2 is 1.36 bits per heavy atom. The molecule has 0 aliphatic carbocycles. The SMILES string of the molecule is Oc1ccc(Cl)cc1.[Br-].[Br-].[Mg+2]. The first-order valence-electron chi connectivity index (χ1n) is 2.23. The maximum Gasteiger partial charge on any atom is 2.00 e. The summed E-state index contributed by atoms with van der Waals surface area (Å²) in [5.74, 6) is 0.245. The molecule has 1 aromatic rings. The molecule has 0 saturated heterocycles. The molecule has 0 unspecified atom stereocenters. The monoisotopic (exact) mass is 310 g/mol. The van der Waals surface area contributed by atoms with E-state index in [-0.39, 0.29) is 62.8 Å². The van der Waals surface area contributed by atoms with Crippen molar-refractivity contribution in [1.82, 2.24) is 0 Å². The first kappa shape index (κ1) is 18.0.